The average molecular weight is 282 g/mol. The van der Waals surface area contributed by atoms with Crippen LogP contribution in [0.25, 0.3) is 0 Å². The Morgan fingerprint density at radius 3 is 2.45 bits per heavy atom. The molecule has 1 aliphatic carbocycles. The molecule has 2 unspecified atom stereocenters. The van der Waals surface area contributed by atoms with E-state index in [-0.39, 0.29) is 6.09 Å². The van der Waals surface area contributed by atoms with Gasteiger partial charge in [0.2, 0.25) is 0 Å². The third kappa shape index (κ3) is 4.65. The Bertz CT molecular complexity index is 332. The number of likely N-dealkylation sites (tertiary alicyclic amines) is 1. The summed E-state index contributed by atoms with van der Waals surface area (Å²) in [5, 5.41) is 3.71. The Labute approximate surface area is 123 Å². The molecule has 2 rings (SSSR count). The van der Waals surface area contributed by atoms with Gasteiger partial charge in [0, 0.05) is 25.2 Å². The molecular formula is C16H30N2O2. The lowest BCUT2D eigenvalue weighted by molar-refractivity contribution is 0.00395. The van der Waals surface area contributed by atoms with Crippen molar-refractivity contribution in [1.82, 2.24) is 10.2 Å². The minimum absolute atomic E-state index is 0.176. The Hall–Kier alpha value is -0.770. The van der Waals surface area contributed by atoms with Gasteiger partial charge >= 0.3 is 6.09 Å². The first kappa shape index (κ1) is 15.6. The molecule has 1 saturated carbocycles. The van der Waals surface area contributed by atoms with Crippen molar-refractivity contribution in [1.29, 1.82) is 0 Å². The highest BCUT2D eigenvalue weighted by atomic mass is 16.6. The fourth-order valence-electron chi connectivity index (χ4n) is 3.05. The van der Waals surface area contributed by atoms with E-state index in [1.54, 1.807) is 4.90 Å². The minimum atomic E-state index is -0.396. The van der Waals surface area contributed by atoms with E-state index in [1.165, 1.54) is 32.1 Å². The summed E-state index contributed by atoms with van der Waals surface area (Å²) in [5.74, 6) is 0.876. The average Bonchev–Trinajstić information content (AvgIpc) is 2.45. The van der Waals surface area contributed by atoms with E-state index in [0.717, 1.165) is 19.0 Å². The third-order valence-electron chi connectivity index (χ3n) is 4.26. The van der Waals surface area contributed by atoms with Crippen molar-refractivity contribution in [3.63, 3.8) is 0 Å². The van der Waals surface area contributed by atoms with E-state index >= 15 is 0 Å². The second-order valence-corrected chi connectivity index (χ2v) is 7.56. The van der Waals surface area contributed by atoms with E-state index in [2.05, 4.69) is 12.2 Å². The highest BCUT2D eigenvalue weighted by Gasteiger charge is 2.34. The van der Waals surface area contributed by atoms with Crippen LogP contribution >= 0.6 is 0 Å². The molecule has 4 heteroatoms. The predicted molar refractivity (Wildman–Crippen MR) is 80.8 cm³/mol. The molecule has 1 N–H and O–H groups in total. The third-order valence-corrected chi connectivity index (χ3v) is 4.26. The van der Waals surface area contributed by atoms with Crippen LogP contribution in [0.4, 0.5) is 4.79 Å². The monoisotopic (exact) mass is 282 g/mol. The van der Waals surface area contributed by atoms with Gasteiger partial charge < -0.3 is 15.0 Å². The fraction of sp³-hybridized carbons (Fsp3) is 0.938. The van der Waals surface area contributed by atoms with Crippen LogP contribution in [0.2, 0.25) is 0 Å². The topological polar surface area (TPSA) is 41.6 Å². The van der Waals surface area contributed by atoms with Crippen molar-refractivity contribution >= 4 is 6.09 Å². The van der Waals surface area contributed by atoms with Crippen molar-refractivity contribution in [3.05, 3.63) is 0 Å². The molecule has 0 aromatic carbocycles. The summed E-state index contributed by atoms with van der Waals surface area (Å²) in [7, 11) is 0. The van der Waals surface area contributed by atoms with Gasteiger partial charge in [0.05, 0.1) is 0 Å². The molecule has 2 atom stereocenters. The van der Waals surface area contributed by atoms with E-state index in [9.17, 15) is 4.79 Å². The Balaban J connectivity index is 1.67. The summed E-state index contributed by atoms with van der Waals surface area (Å²) in [6, 6.07) is 1.10. The van der Waals surface area contributed by atoms with Crippen molar-refractivity contribution in [2.75, 3.05) is 13.1 Å². The Kier molecular flexibility index (Phi) is 4.95. The van der Waals surface area contributed by atoms with Crippen molar-refractivity contribution in [2.45, 2.75) is 77.5 Å². The maximum atomic E-state index is 11.9. The zero-order chi connectivity index (χ0) is 14.8. The molecule has 1 heterocycles. The van der Waals surface area contributed by atoms with Crippen LogP contribution in [0.5, 0.6) is 0 Å². The standard InChI is InChI=1S/C16H30N2O2/c1-12-6-5-7-13(9-8-12)17-14-10-18(11-14)15(19)20-16(2,3)4/h12-14,17H,5-11H2,1-4H3. The molecular weight excluding hydrogens is 252 g/mol. The number of rotatable bonds is 2. The van der Waals surface area contributed by atoms with Gasteiger partial charge in [-0.3, -0.25) is 0 Å². The second-order valence-electron chi connectivity index (χ2n) is 7.56. The van der Waals surface area contributed by atoms with Crippen LogP contribution in [0, 0.1) is 5.92 Å². The molecule has 1 amide bonds. The summed E-state index contributed by atoms with van der Waals surface area (Å²) in [4.78, 5) is 13.6. The van der Waals surface area contributed by atoms with Gasteiger partial charge in [0.15, 0.2) is 0 Å². The van der Waals surface area contributed by atoms with Gasteiger partial charge in [-0.25, -0.2) is 4.79 Å². The smallest absolute Gasteiger partial charge is 0.410 e. The second kappa shape index (κ2) is 6.33. The Morgan fingerprint density at radius 2 is 1.80 bits per heavy atom. The van der Waals surface area contributed by atoms with Crippen LogP contribution in [-0.2, 0) is 4.74 Å². The number of ether oxygens (including phenoxy) is 1. The molecule has 20 heavy (non-hydrogen) atoms. The maximum absolute atomic E-state index is 11.9. The van der Waals surface area contributed by atoms with Gasteiger partial charge in [-0.2, -0.15) is 0 Å². The van der Waals surface area contributed by atoms with Crippen molar-refractivity contribution < 1.29 is 9.53 Å². The van der Waals surface area contributed by atoms with Crippen molar-refractivity contribution in [2.24, 2.45) is 5.92 Å². The number of amides is 1. The molecule has 0 aromatic rings. The lowest BCUT2D eigenvalue weighted by Gasteiger charge is -2.41. The number of nitrogens with zero attached hydrogens (tertiary/aromatic N) is 1. The van der Waals surface area contributed by atoms with Gasteiger partial charge in [0.25, 0.3) is 0 Å². The SMILES string of the molecule is CC1CCCC(NC2CN(C(=O)OC(C)(C)C)C2)CC1. The molecule has 0 bridgehead atoms. The van der Waals surface area contributed by atoms with Crippen LogP contribution < -0.4 is 5.32 Å². The number of hydrogen-bond donors (Lipinski definition) is 1. The van der Waals surface area contributed by atoms with Crippen LogP contribution in [0.15, 0.2) is 0 Å². The van der Waals surface area contributed by atoms with E-state index in [0.29, 0.717) is 12.1 Å². The first-order chi connectivity index (χ1) is 9.33. The molecule has 0 aromatic heterocycles. The van der Waals surface area contributed by atoms with Gasteiger partial charge in [-0.15, -0.1) is 0 Å². The van der Waals surface area contributed by atoms with E-state index in [1.807, 2.05) is 20.8 Å². The van der Waals surface area contributed by atoms with Gasteiger partial charge in [-0.1, -0.05) is 19.8 Å². The van der Waals surface area contributed by atoms with Gasteiger partial charge in [-0.05, 0) is 46.0 Å². The number of nitrogens with one attached hydrogen (secondary N) is 1. The molecule has 0 spiro atoms. The number of carbonyl (C=O) groups is 1. The van der Waals surface area contributed by atoms with E-state index < -0.39 is 5.60 Å². The molecule has 116 valence electrons. The predicted octanol–water partition coefficient (Wildman–Crippen LogP) is 3.16. The summed E-state index contributed by atoms with van der Waals surface area (Å²) >= 11 is 0. The lowest BCUT2D eigenvalue weighted by atomic mass is 10.0. The number of hydrogen-bond acceptors (Lipinski definition) is 3. The first-order valence-corrected chi connectivity index (χ1v) is 8.07. The molecule has 0 radical (unpaired) electrons. The molecule has 1 saturated heterocycles. The van der Waals surface area contributed by atoms with Crippen LogP contribution in [0.3, 0.4) is 0 Å². The Morgan fingerprint density at radius 1 is 1.10 bits per heavy atom. The zero-order valence-corrected chi connectivity index (χ0v) is 13.4. The summed E-state index contributed by atoms with van der Waals surface area (Å²) in [5.41, 5.74) is -0.396. The van der Waals surface area contributed by atoms with Crippen LogP contribution in [-0.4, -0.2) is 41.8 Å². The maximum Gasteiger partial charge on any atom is 0.410 e. The number of carbonyl (C=O) groups excluding carboxylic acids is 1. The highest BCUT2D eigenvalue weighted by molar-refractivity contribution is 5.69. The first-order valence-electron chi connectivity index (χ1n) is 8.07. The van der Waals surface area contributed by atoms with Crippen molar-refractivity contribution in [3.8, 4) is 0 Å². The quantitative estimate of drug-likeness (QED) is 0.791. The van der Waals surface area contributed by atoms with Crippen LogP contribution in [0.1, 0.15) is 59.8 Å². The molecule has 4 nitrogen and oxygen atoms in total. The molecule has 2 aliphatic rings. The summed E-state index contributed by atoms with van der Waals surface area (Å²) in [6.07, 6.45) is 6.43. The summed E-state index contributed by atoms with van der Waals surface area (Å²) in [6.45, 7) is 9.67. The summed E-state index contributed by atoms with van der Waals surface area (Å²) < 4.78 is 5.37. The fourth-order valence-corrected chi connectivity index (χ4v) is 3.05. The largest absolute Gasteiger partial charge is 0.444 e. The van der Waals surface area contributed by atoms with E-state index in [4.69, 9.17) is 4.74 Å². The van der Waals surface area contributed by atoms with Gasteiger partial charge in [0.1, 0.15) is 5.60 Å². The molecule has 2 fully saturated rings. The normalized spacial score (nSPS) is 28.7. The highest BCUT2D eigenvalue weighted by Crippen LogP contribution is 2.24. The lowest BCUT2D eigenvalue weighted by Crippen LogP contribution is -2.62. The zero-order valence-electron chi connectivity index (χ0n) is 13.4. The minimum Gasteiger partial charge on any atom is -0.444 e. The molecule has 1 aliphatic heterocycles.